The molecule has 2 aromatic carbocycles. The van der Waals surface area contributed by atoms with Gasteiger partial charge in [0, 0.05) is 18.2 Å². The third-order valence-electron chi connectivity index (χ3n) is 3.93. The van der Waals surface area contributed by atoms with E-state index < -0.39 is 0 Å². The minimum Gasteiger partial charge on any atom is -0.330 e. The first-order valence-electron chi connectivity index (χ1n) is 7.07. The van der Waals surface area contributed by atoms with Crippen LogP contribution < -0.4 is 10.6 Å². The number of amides is 1. The van der Waals surface area contributed by atoms with E-state index in [1.807, 2.05) is 35.2 Å². The molecule has 1 unspecified atom stereocenters. The van der Waals surface area contributed by atoms with Crippen LogP contribution in [0.1, 0.15) is 28.3 Å². The molecule has 0 saturated heterocycles. The number of nitrogens with zero attached hydrogens (tertiary/aromatic N) is 1. The van der Waals surface area contributed by atoms with E-state index >= 15 is 0 Å². The van der Waals surface area contributed by atoms with Crippen LogP contribution in [0, 0.1) is 0 Å². The van der Waals surface area contributed by atoms with Crippen molar-refractivity contribution in [1.82, 2.24) is 0 Å². The first-order valence-corrected chi connectivity index (χ1v) is 7.45. The second-order valence-electron chi connectivity index (χ2n) is 5.23. The lowest BCUT2D eigenvalue weighted by Crippen LogP contribution is -2.30. The molecule has 1 aliphatic heterocycles. The summed E-state index contributed by atoms with van der Waals surface area (Å²) in [6, 6.07) is 15.2. The highest BCUT2D eigenvalue weighted by Gasteiger charge is 2.32. The molecular formula is C17H17ClN2O. The van der Waals surface area contributed by atoms with Gasteiger partial charge < -0.3 is 10.6 Å². The Bertz CT molecular complexity index is 671. The van der Waals surface area contributed by atoms with Crippen LogP contribution in [-0.4, -0.2) is 19.0 Å². The van der Waals surface area contributed by atoms with E-state index in [0.717, 1.165) is 12.1 Å². The van der Waals surface area contributed by atoms with Gasteiger partial charge in [0.2, 0.25) is 0 Å². The number of para-hydroxylation sites is 1. The zero-order valence-electron chi connectivity index (χ0n) is 11.6. The smallest absolute Gasteiger partial charge is 0.259 e. The summed E-state index contributed by atoms with van der Waals surface area (Å²) < 4.78 is 0. The van der Waals surface area contributed by atoms with Gasteiger partial charge in [-0.2, -0.15) is 0 Å². The standard InChI is InChI=1S/C17H17ClN2O/c18-15-7-3-1-6-14(15)17(21)20-11-12(9-10-19)13-5-2-4-8-16(13)20/h1-8,12H,9-11,19H2. The molecule has 2 N–H and O–H groups in total. The summed E-state index contributed by atoms with van der Waals surface area (Å²) in [4.78, 5) is 14.6. The Kier molecular flexibility index (Phi) is 3.95. The summed E-state index contributed by atoms with van der Waals surface area (Å²) in [5, 5.41) is 0.488. The highest BCUT2D eigenvalue weighted by molar-refractivity contribution is 6.34. The monoisotopic (exact) mass is 300 g/mol. The van der Waals surface area contributed by atoms with Crippen molar-refractivity contribution >= 4 is 23.2 Å². The van der Waals surface area contributed by atoms with Crippen molar-refractivity contribution in [2.75, 3.05) is 18.0 Å². The summed E-state index contributed by atoms with van der Waals surface area (Å²) in [5.41, 5.74) is 8.41. The largest absolute Gasteiger partial charge is 0.330 e. The molecule has 1 atom stereocenters. The minimum atomic E-state index is -0.0485. The maximum absolute atomic E-state index is 12.8. The molecule has 3 nitrogen and oxygen atoms in total. The van der Waals surface area contributed by atoms with Crippen LogP contribution in [0.4, 0.5) is 5.69 Å². The van der Waals surface area contributed by atoms with Crippen LogP contribution >= 0.6 is 11.6 Å². The molecule has 0 fully saturated rings. The first-order chi connectivity index (χ1) is 10.2. The SMILES string of the molecule is NCCC1CN(C(=O)c2ccccc2Cl)c2ccccc21. The van der Waals surface area contributed by atoms with E-state index in [1.54, 1.807) is 12.1 Å². The van der Waals surface area contributed by atoms with Crippen LogP contribution in [0.15, 0.2) is 48.5 Å². The maximum atomic E-state index is 12.8. The number of carbonyl (C=O) groups is 1. The second-order valence-corrected chi connectivity index (χ2v) is 5.64. The molecule has 0 saturated carbocycles. The molecule has 1 aliphatic rings. The van der Waals surface area contributed by atoms with Gasteiger partial charge in [-0.25, -0.2) is 0 Å². The summed E-state index contributed by atoms with van der Waals surface area (Å²) in [6.07, 6.45) is 0.878. The molecule has 1 heterocycles. The van der Waals surface area contributed by atoms with Gasteiger partial charge in [-0.15, -0.1) is 0 Å². The van der Waals surface area contributed by atoms with Crippen LogP contribution in [0.3, 0.4) is 0 Å². The van der Waals surface area contributed by atoms with Crippen LogP contribution in [0.25, 0.3) is 0 Å². The molecule has 4 heteroatoms. The topological polar surface area (TPSA) is 46.3 Å². The number of nitrogens with two attached hydrogens (primary N) is 1. The Labute approximate surface area is 129 Å². The summed E-state index contributed by atoms with van der Waals surface area (Å²) in [6.45, 7) is 1.29. The van der Waals surface area contributed by atoms with Crippen molar-refractivity contribution in [2.45, 2.75) is 12.3 Å². The van der Waals surface area contributed by atoms with Gasteiger partial charge >= 0.3 is 0 Å². The second kappa shape index (κ2) is 5.88. The molecular weight excluding hydrogens is 284 g/mol. The van der Waals surface area contributed by atoms with Crippen molar-refractivity contribution in [2.24, 2.45) is 5.73 Å². The Hall–Kier alpha value is -1.84. The van der Waals surface area contributed by atoms with Crippen molar-refractivity contribution in [3.05, 3.63) is 64.7 Å². The van der Waals surface area contributed by atoms with Gasteiger partial charge in [0.1, 0.15) is 0 Å². The molecule has 0 bridgehead atoms. The lowest BCUT2D eigenvalue weighted by molar-refractivity contribution is 0.0988. The highest BCUT2D eigenvalue weighted by Crippen LogP contribution is 2.38. The van der Waals surface area contributed by atoms with Gasteiger partial charge in [0.05, 0.1) is 10.6 Å². The number of hydrogen-bond acceptors (Lipinski definition) is 2. The third kappa shape index (κ3) is 2.55. The van der Waals surface area contributed by atoms with E-state index in [9.17, 15) is 4.79 Å². The zero-order valence-corrected chi connectivity index (χ0v) is 12.4. The predicted molar refractivity (Wildman–Crippen MR) is 86.0 cm³/mol. The Balaban J connectivity index is 1.97. The number of benzene rings is 2. The van der Waals surface area contributed by atoms with E-state index in [2.05, 4.69) is 6.07 Å². The lowest BCUT2D eigenvalue weighted by atomic mass is 9.98. The fourth-order valence-corrected chi connectivity index (χ4v) is 3.13. The van der Waals surface area contributed by atoms with E-state index in [1.165, 1.54) is 5.56 Å². The van der Waals surface area contributed by atoms with Crippen molar-refractivity contribution < 1.29 is 4.79 Å². The van der Waals surface area contributed by atoms with Crippen molar-refractivity contribution in [3.8, 4) is 0 Å². The molecule has 0 spiro atoms. The average Bonchev–Trinajstić information content (AvgIpc) is 2.87. The fraction of sp³-hybridized carbons (Fsp3) is 0.235. The summed E-state index contributed by atoms with van der Waals surface area (Å²) in [7, 11) is 0. The van der Waals surface area contributed by atoms with Crippen molar-refractivity contribution in [1.29, 1.82) is 0 Å². The van der Waals surface area contributed by atoms with Crippen LogP contribution in [-0.2, 0) is 0 Å². The molecule has 0 aromatic heterocycles. The third-order valence-corrected chi connectivity index (χ3v) is 4.26. The van der Waals surface area contributed by atoms with Gasteiger partial charge in [0.25, 0.3) is 5.91 Å². The summed E-state index contributed by atoms with van der Waals surface area (Å²) >= 11 is 6.15. The quantitative estimate of drug-likeness (QED) is 0.944. The highest BCUT2D eigenvalue weighted by atomic mass is 35.5. The number of hydrogen-bond donors (Lipinski definition) is 1. The molecule has 0 radical (unpaired) electrons. The fourth-order valence-electron chi connectivity index (χ4n) is 2.92. The van der Waals surface area contributed by atoms with Crippen molar-refractivity contribution in [3.63, 3.8) is 0 Å². The number of rotatable bonds is 3. The number of carbonyl (C=O) groups excluding carboxylic acids is 1. The number of halogens is 1. The van der Waals surface area contributed by atoms with E-state index in [-0.39, 0.29) is 5.91 Å². The molecule has 2 aromatic rings. The average molecular weight is 301 g/mol. The molecule has 1 amide bonds. The Morgan fingerprint density at radius 2 is 1.90 bits per heavy atom. The maximum Gasteiger partial charge on any atom is 0.259 e. The van der Waals surface area contributed by atoms with Gasteiger partial charge in [-0.05, 0) is 36.7 Å². The molecule has 0 aliphatic carbocycles. The molecule has 108 valence electrons. The predicted octanol–water partition coefficient (Wildman–Crippen LogP) is 3.43. The Morgan fingerprint density at radius 3 is 2.67 bits per heavy atom. The minimum absolute atomic E-state index is 0.0485. The van der Waals surface area contributed by atoms with Crippen LogP contribution in [0.2, 0.25) is 5.02 Å². The van der Waals surface area contributed by atoms with E-state index in [0.29, 0.717) is 29.6 Å². The Morgan fingerprint density at radius 1 is 1.19 bits per heavy atom. The van der Waals surface area contributed by atoms with Gasteiger partial charge in [-0.3, -0.25) is 4.79 Å². The summed E-state index contributed by atoms with van der Waals surface area (Å²) in [5.74, 6) is 0.255. The normalized spacial score (nSPS) is 16.9. The number of anilines is 1. The van der Waals surface area contributed by atoms with Crippen LogP contribution in [0.5, 0.6) is 0 Å². The first kappa shape index (κ1) is 14.1. The number of fused-ring (bicyclic) bond motifs is 1. The lowest BCUT2D eigenvalue weighted by Gasteiger charge is -2.18. The van der Waals surface area contributed by atoms with Gasteiger partial charge in [-0.1, -0.05) is 41.9 Å². The van der Waals surface area contributed by atoms with E-state index in [4.69, 9.17) is 17.3 Å². The van der Waals surface area contributed by atoms with Gasteiger partial charge in [0.15, 0.2) is 0 Å². The zero-order chi connectivity index (χ0) is 14.8. The molecule has 3 rings (SSSR count). The molecule has 21 heavy (non-hydrogen) atoms.